The molecule has 16 heavy (non-hydrogen) atoms. The Hall–Kier alpha value is -0.830. The first-order valence-corrected chi connectivity index (χ1v) is 6.40. The zero-order valence-electron chi connectivity index (χ0n) is 9.96. The molecule has 0 radical (unpaired) electrons. The number of halogens is 1. The topological polar surface area (TPSA) is 29.1 Å². The smallest absolute Gasteiger partial charge is 0.234 e. The fourth-order valence-corrected chi connectivity index (χ4v) is 1.55. The second kappa shape index (κ2) is 6.04. The van der Waals surface area contributed by atoms with Gasteiger partial charge in [0.15, 0.2) is 0 Å². The molecule has 88 valence electrons. The van der Waals surface area contributed by atoms with Crippen molar-refractivity contribution < 1.29 is 4.79 Å². The lowest BCUT2D eigenvalue weighted by Gasteiger charge is -2.14. The van der Waals surface area contributed by atoms with Gasteiger partial charge in [-0.1, -0.05) is 54.0 Å². The van der Waals surface area contributed by atoms with Crippen molar-refractivity contribution in [1.82, 2.24) is 5.32 Å². The van der Waals surface area contributed by atoms with E-state index in [9.17, 15) is 4.79 Å². The molecule has 0 saturated carbocycles. The molecule has 0 bridgehead atoms. The summed E-state index contributed by atoms with van der Waals surface area (Å²) in [5.74, 6) is 0.357. The first-order valence-electron chi connectivity index (χ1n) is 5.48. The molecule has 0 fully saturated rings. The van der Waals surface area contributed by atoms with Gasteiger partial charge in [0, 0.05) is 6.54 Å². The molecule has 0 heterocycles. The minimum atomic E-state index is -0.114. The van der Waals surface area contributed by atoms with Gasteiger partial charge < -0.3 is 5.32 Å². The molecule has 1 N–H and O–H groups in total. The van der Waals surface area contributed by atoms with E-state index in [4.69, 9.17) is 0 Å². The number of carbonyl (C=O) groups excluding carboxylic acids is 1. The molecular weight excluding hydrogens is 266 g/mol. The molecule has 1 rings (SSSR count). The number of alkyl halides is 1. The summed E-state index contributed by atoms with van der Waals surface area (Å²) in [6.45, 7) is 6.69. The normalized spacial score (nSPS) is 12.6. The van der Waals surface area contributed by atoms with Crippen LogP contribution in [0.25, 0.3) is 0 Å². The van der Waals surface area contributed by atoms with Crippen molar-refractivity contribution in [2.75, 3.05) is 0 Å². The molecule has 0 aliphatic rings. The molecule has 0 aliphatic carbocycles. The third kappa shape index (κ3) is 3.63. The van der Waals surface area contributed by atoms with Gasteiger partial charge in [-0.2, -0.15) is 0 Å². The number of aryl methyl sites for hydroxylation is 1. The van der Waals surface area contributed by atoms with E-state index in [1.807, 2.05) is 32.0 Å². The van der Waals surface area contributed by atoms with Crippen molar-refractivity contribution >= 4 is 21.8 Å². The highest BCUT2D eigenvalue weighted by molar-refractivity contribution is 9.10. The molecule has 0 aromatic heterocycles. The summed E-state index contributed by atoms with van der Waals surface area (Å²) in [5, 5.41) is 2.94. The summed E-state index contributed by atoms with van der Waals surface area (Å²) >= 11 is 3.39. The number of amides is 1. The number of carbonyl (C=O) groups is 1. The van der Waals surface area contributed by atoms with Crippen LogP contribution in [0.5, 0.6) is 0 Å². The van der Waals surface area contributed by atoms with E-state index < -0.39 is 0 Å². The summed E-state index contributed by atoms with van der Waals surface area (Å²) in [6, 6.07) is 8.08. The van der Waals surface area contributed by atoms with Crippen LogP contribution in [-0.4, -0.2) is 10.7 Å². The first kappa shape index (κ1) is 13.2. The maximum atomic E-state index is 11.7. The number of hydrogen-bond acceptors (Lipinski definition) is 1. The van der Waals surface area contributed by atoms with Gasteiger partial charge in [0.1, 0.15) is 0 Å². The average molecular weight is 284 g/mol. The Morgan fingerprint density at radius 3 is 2.56 bits per heavy atom. The first-order chi connectivity index (χ1) is 7.52. The van der Waals surface area contributed by atoms with Crippen molar-refractivity contribution in [1.29, 1.82) is 0 Å². The Morgan fingerprint density at radius 2 is 2.00 bits per heavy atom. The lowest BCUT2D eigenvalue weighted by Crippen LogP contribution is -2.33. The molecule has 3 heteroatoms. The molecule has 1 unspecified atom stereocenters. The van der Waals surface area contributed by atoms with Crippen LogP contribution >= 0.6 is 15.9 Å². The van der Waals surface area contributed by atoms with Gasteiger partial charge in [-0.3, -0.25) is 4.79 Å². The van der Waals surface area contributed by atoms with Crippen molar-refractivity contribution in [3.8, 4) is 0 Å². The van der Waals surface area contributed by atoms with Gasteiger partial charge >= 0.3 is 0 Å². The average Bonchev–Trinajstić information content (AvgIpc) is 2.26. The van der Waals surface area contributed by atoms with Crippen LogP contribution in [0.1, 0.15) is 25.0 Å². The highest BCUT2D eigenvalue weighted by Gasteiger charge is 2.17. The molecule has 0 saturated heterocycles. The fraction of sp³-hybridized carbons (Fsp3) is 0.462. The molecule has 0 spiro atoms. The zero-order valence-corrected chi connectivity index (χ0v) is 11.5. The summed E-state index contributed by atoms with van der Waals surface area (Å²) in [7, 11) is 0. The standard InChI is InChI=1S/C13H18BrNO/c1-9(2)12(14)13(16)15-8-11-7-5-4-6-10(11)3/h4-7,9,12H,8H2,1-3H3,(H,15,16). The van der Waals surface area contributed by atoms with Crippen LogP contribution in [0.2, 0.25) is 0 Å². The minimum absolute atomic E-state index is 0.0539. The van der Waals surface area contributed by atoms with E-state index in [0.29, 0.717) is 12.5 Å². The van der Waals surface area contributed by atoms with Crippen LogP contribution in [0, 0.1) is 12.8 Å². The summed E-state index contributed by atoms with van der Waals surface area (Å²) in [4.78, 5) is 11.6. The molecular formula is C13H18BrNO. The van der Waals surface area contributed by atoms with Crippen molar-refractivity contribution in [3.05, 3.63) is 35.4 Å². The van der Waals surface area contributed by atoms with Crippen molar-refractivity contribution in [2.45, 2.75) is 32.1 Å². The van der Waals surface area contributed by atoms with Gasteiger partial charge in [0.2, 0.25) is 5.91 Å². The minimum Gasteiger partial charge on any atom is -0.351 e. The maximum absolute atomic E-state index is 11.7. The van der Waals surface area contributed by atoms with Crippen LogP contribution in [0.15, 0.2) is 24.3 Å². The highest BCUT2D eigenvalue weighted by Crippen LogP contribution is 2.12. The third-order valence-corrected chi connectivity index (χ3v) is 4.02. The van der Waals surface area contributed by atoms with Gasteiger partial charge in [-0.25, -0.2) is 0 Å². The van der Waals surface area contributed by atoms with Gasteiger partial charge in [0.25, 0.3) is 0 Å². The van der Waals surface area contributed by atoms with Crippen LogP contribution in [0.4, 0.5) is 0 Å². The second-order valence-electron chi connectivity index (χ2n) is 4.29. The Bertz CT molecular complexity index is 363. The summed E-state index contributed by atoms with van der Waals surface area (Å²) in [6.07, 6.45) is 0. The Labute approximate surface area is 106 Å². The Morgan fingerprint density at radius 1 is 1.38 bits per heavy atom. The van der Waals surface area contributed by atoms with Crippen LogP contribution < -0.4 is 5.32 Å². The molecule has 1 atom stereocenters. The fourth-order valence-electron chi connectivity index (χ4n) is 1.39. The maximum Gasteiger partial charge on any atom is 0.234 e. The second-order valence-corrected chi connectivity index (χ2v) is 5.28. The number of benzene rings is 1. The number of nitrogens with one attached hydrogen (secondary N) is 1. The predicted octanol–water partition coefficient (Wildman–Crippen LogP) is 3.03. The molecule has 0 aliphatic heterocycles. The van der Waals surface area contributed by atoms with E-state index in [1.165, 1.54) is 11.1 Å². The predicted molar refractivity (Wildman–Crippen MR) is 70.6 cm³/mol. The van der Waals surface area contributed by atoms with Gasteiger partial charge in [0.05, 0.1) is 4.83 Å². The lowest BCUT2D eigenvalue weighted by atomic mass is 10.1. The van der Waals surface area contributed by atoms with E-state index in [1.54, 1.807) is 0 Å². The molecule has 2 nitrogen and oxygen atoms in total. The lowest BCUT2D eigenvalue weighted by molar-refractivity contribution is -0.121. The molecule has 1 aromatic carbocycles. The van der Waals surface area contributed by atoms with E-state index >= 15 is 0 Å². The van der Waals surface area contributed by atoms with Gasteiger partial charge in [-0.05, 0) is 24.0 Å². The van der Waals surface area contributed by atoms with E-state index in [2.05, 4.69) is 34.2 Å². The third-order valence-electron chi connectivity index (χ3n) is 2.55. The van der Waals surface area contributed by atoms with Crippen LogP contribution in [-0.2, 0) is 11.3 Å². The SMILES string of the molecule is Cc1ccccc1CNC(=O)C(Br)C(C)C. The van der Waals surface area contributed by atoms with E-state index in [-0.39, 0.29) is 10.7 Å². The molecule has 1 aromatic rings. The van der Waals surface area contributed by atoms with Gasteiger partial charge in [-0.15, -0.1) is 0 Å². The Kier molecular flexibility index (Phi) is 5.00. The van der Waals surface area contributed by atoms with E-state index in [0.717, 1.165) is 0 Å². The summed E-state index contributed by atoms with van der Waals surface area (Å²) in [5.41, 5.74) is 2.37. The number of rotatable bonds is 4. The largest absolute Gasteiger partial charge is 0.351 e. The Balaban J connectivity index is 2.52. The monoisotopic (exact) mass is 283 g/mol. The van der Waals surface area contributed by atoms with Crippen LogP contribution in [0.3, 0.4) is 0 Å². The summed E-state index contributed by atoms with van der Waals surface area (Å²) < 4.78 is 0. The van der Waals surface area contributed by atoms with Crippen molar-refractivity contribution in [2.24, 2.45) is 5.92 Å². The molecule has 1 amide bonds. The number of hydrogen-bond donors (Lipinski definition) is 1. The zero-order chi connectivity index (χ0) is 12.1. The van der Waals surface area contributed by atoms with Crippen molar-refractivity contribution in [3.63, 3.8) is 0 Å². The quantitative estimate of drug-likeness (QED) is 0.846. The highest BCUT2D eigenvalue weighted by atomic mass is 79.9.